The van der Waals surface area contributed by atoms with E-state index in [1.807, 2.05) is 31.4 Å². The molecule has 1 aliphatic carbocycles. The molecule has 0 radical (unpaired) electrons. The van der Waals surface area contributed by atoms with Crippen LogP contribution in [0.1, 0.15) is 24.1 Å². The fourth-order valence-corrected chi connectivity index (χ4v) is 3.31. The van der Waals surface area contributed by atoms with E-state index in [1.165, 1.54) is 12.8 Å². The number of nitrogens with one attached hydrogen (secondary N) is 1. The van der Waals surface area contributed by atoms with Crippen LogP contribution in [0.2, 0.25) is 0 Å². The molecule has 1 saturated carbocycles. The average Bonchev–Trinajstić information content (AvgIpc) is 3.43. The molecular formula is C20H29IN6O2. The third kappa shape index (κ3) is 6.56. The summed E-state index contributed by atoms with van der Waals surface area (Å²) in [6.07, 6.45) is 6.00. The maximum Gasteiger partial charge on any atom is 0.213 e. The molecule has 1 aliphatic heterocycles. The van der Waals surface area contributed by atoms with E-state index in [1.54, 1.807) is 6.26 Å². The molecule has 0 aromatic carbocycles. The summed E-state index contributed by atoms with van der Waals surface area (Å²) in [5.74, 6) is 2.37. The quantitative estimate of drug-likeness (QED) is 0.347. The Kier molecular flexibility index (Phi) is 8.10. The molecule has 1 saturated heterocycles. The number of aromatic nitrogens is 2. The van der Waals surface area contributed by atoms with Gasteiger partial charge in [-0.3, -0.25) is 9.89 Å². The summed E-state index contributed by atoms with van der Waals surface area (Å²) < 4.78 is 10.7. The monoisotopic (exact) mass is 512 g/mol. The normalized spacial score (nSPS) is 17.7. The van der Waals surface area contributed by atoms with Crippen molar-refractivity contribution in [1.82, 2.24) is 25.3 Å². The largest absolute Gasteiger partial charge is 0.477 e. The Bertz CT molecular complexity index is 773. The Morgan fingerprint density at radius 1 is 1.28 bits per heavy atom. The first-order chi connectivity index (χ1) is 13.8. The minimum Gasteiger partial charge on any atom is -0.477 e. The van der Waals surface area contributed by atoms with Gasteiger partial charge in [0.1, 0.15) is 6.26 Å². The molecule has 29 heavy (non-hydrogen) atoms. The number of piperazine rings is 1. The molecule has 3 heterocycles. The number of pyridine rings is 1. The lowest BCUT2D eigenvalue weighted by molar-refractivity contribution is 0.169. The number of hydrogen-bond donors (Lipinski definition) is 1. The first-order valence-corrected chi connectivity index (χ1v) is 9.95. The smallest absolute Gasteiger partial charge is 0.213 e. The maximum absolute atomic E-state index is 5.78. The predicted octanol–water partition coefficient (Wildman–Crippen LogP) is 2.37. The molecule has 0 bridgehead atoms. The molecule has 158 valence electrons. The van der Waals surface area contributed by atoms with Gasteiger partial charge in [-0.2, -0.15) is 0 Å². The summed E-state index contributed by atoms with van der Waals surface area (Å²) in [4.78, 5) is 13.4. The van der Waals surface area contributed by atoms with Gasteiger partial charge >= 0.3 is 0 Å². The van der Waals surface area contributed by atoms with Crippen molar-refractivity contribution in [3.63, 3.8) is 0 Å². The van der Waals surface area contributed by atoms with Gasteiger partial charge in [-0.15, -0.1) is 24.0 Å². The second kappa shape index (κ2) is 10.8. The SMILES string of the molecule is CN=C(NCc1ccnc(OCC2CC2)c1)N1CCN(Cc2ccon2)CC1.I. The minimum atomic E-state index is 0. The maximum atomic E-state index is 5.78. The fourth-order valence-electron chi connectivity index (χ4n) is 3.31. The van der Waals surface area contributed by atoms with Gasteiger partial charge in [0.15, 0.2) is 5.96 Å². The van der Waals surface area contributed by atoms with Crippen LogP contribution in [0.15, 0.2) is 40.2 Å². The second-order valence-electron chi connectivity index (χ2n) is 7.41. The second-order valence-corrected chi connectivity index (χ2v) is 7.41. The summed E-state index contributed by atoms with van der Waals surface area (Å²) >= 11 is 0. The fraction of sp³-hybridized carbons (Fsp3) is 0.550. The number of nitrogens with zero attached hydrogens (tertiary/aromatic N) is 5. The Morgan fingerprint density at radius 3 is 2.79 bits per heavy atom. The highest BCUT2D eigenvalue weighted by Gasteiger charge is 2.22. The van der Waals surface area contributed by atoms with Crippen LogP contribution in [0.25, 0.3) is 0 Å². The Hall–Kier alpha value is -1.88. The minimum absolute atomic E-state index is 0. The van der Waals surface area contributed by atoms with Crippen molar-refractivity contribution < 1.29 is 9.26 Å². The zero-order chi connectivity index (χ0) is 19.2. The van der Waals surface area contributed by atoms with E-state index in [2.05, 4.69) is 30.2 Å². The summed E-state index contributed by atoms with van der Waals surface area (Å²) in [6.45, 7) is 6.13. The highest BCUT2D eigenvalue weighted by molar-refractivity contribution is 14.0. The van der Waals surface area contributed by atoms with Gasteiger partial charge in [-0.1, -0.05) is 5.16 Å². The number of rotatable bonds is 7. The van der Waals surface area contributed by atoms with Crippen LogP contribution in [-0.4, -0.2) is 65.7 Å². The lowest BCUT2D eigenvalue weighted by Gasteiger charge is -2.36. The van der Waals surface area contributed by atoms with E-state index in [9.17, 15) is 0 Å². The molecule has 1 N–H and O–H groups in total. The number of hydrogen-bond acceptors (Lipinski definition) is 6. The number of aliphatic imine (C=N–C) groups is 1. The lowest BCUT2D eigenvalue weighted by Crippen LogP contribution is -2.52. The van der Waals surface area contributed by atoms with Crippen LogP contribution in [0.3, 0.4) is 0 Å². The first-order valence-electron chi connectivity index (χ1n) is 9.95. The zero-order valence-corrected chi connectivity index (χ0v) is 19.1. The molecular weight excluding hydrogens is 483 g/mol. The van der Waals surface area contributed by atoms with Gasteiger partial charge in [0, 0.05) is 64.6 Å². The van der Waals surface area contributed by atoms with Crippen LogP contribution in [0.5, 0.6) is 5.88 Å². The Labute approximate surface area is 188 Å². The average molecular weight is 512 g/mol. The van der Waals surface area contributed by atoms with E-state index >= 15 is 0 Å². The van der Waals surface area contributed by atoms with E-state index in [-0.39, 0.29) is 24.0 Å². The van der Waals surface area contributed by atoms with Crippen LogP contribution in [0.4, 0.5) is 0 Å². The van der Waals surface area contributed by atoms with Gasteiger partial charge in [0.2, 0.25) is 5.88 Å². The third-order valence-electron chi connectivity index (χ3n) is 5.17. The van der Waals surface area contributed by atoms with Crippen molar-refractivity contribution in [3.05, 3.63) is 41.9 Å². The van der Waals surface area contributed by atoms with Crippen molar-refractivity contribution in [2.45, 2.75) is 25.9 Å². The van der Waals surface area contributed by atoms with Crippen molar-refractivity contribution >= 4 is 29.9 Å². The van der Waals surface area contributed by atoms with Crippen molar-refractivity contribution in [2.75, 3.05) is 39.8 Å². The number of ether oxygens (including phenoxy) is 1. The summed E-state index contributed by atoms with van der Waals surface area (Å²) in [7, 11) is 1.83. The molecule has 0 spiro atoms. The van der Waals surface area contributed by atoms with E-state index < -0.39 is 0 Å². The van der Waals surface area contributed by atoms with Gasteiger partial charge < -0.3 is 19.5 Å². The molecule has 0 unspecified atom stereocenters. The van der Waals surface area contributed by atoms with Gasteiger partial charge in [-0.05, 0) is 30.4 Å². The standard InChI is InChI=1S/C20H28N6O2.HI/c1-21-20(26-9-7-25(8-10-26)14-18-5-11-28-24-18)23-13-17-4-6-22-19(12-17)27-15-16-2-3-16;/h4-6,11-12,16H,2-3,7-10,13-15H2,1H3,(H,21,23);1H. The Morgan fingerprint density at radius 2 is 2.10 bits per heavy atom. The van der Waals surface area contributed by atoms with Crippen LogP contribution in [0, 0.1) is 5.92 Å². The van der Waals surface area contributed by atoms with Crippen molar-refractivity contribution in [3.8, 4) is 5.88 Å². The lowest BCUT2D eigenvalue weighted by atomic mass is 10.2. The van der Waals surface area contributed by atoms with Crippen molar-refractivity contribution in [1.29, 1.82) is 0 Å². The van der Waals surface area contributed by atoms with E-state index in [0.717, 1.165) is 62.5 Å². The van der Waals surface area contributed by atoms with Gasteiger partial charge in [0.25, 0.3) is 0 Å². The molecule has 2 fully saturated rings. The molecule has 9 heteroatoms. The molecule has 4 rings (SSSR count). The van der Waals surface area contributed by atoms with Crippen LogP contribution >= 0.6 is 24.0 Å². The predicted molar refractivity (Wildman–Crippen MR) is 121 cm³/mol. The van der Waals surface area contributed by atoms with Crippen molar-refractivity contribution in [2.24, 2.45) is 10.9 Å². The van der Waals surface area contributed by atoms with Gasteiger partial charge in [0.05, 0.1) is 12.3 Å². The zero-order valence-electron chi connectivity index (χ0n) is 16.8. The molecule has 2 aromatic heterocycles. The number of guanidine groups is 1. The van der Waals surface area contributed by atoms with Gasteiger partial charge in [-0.25, -0.2) is 4.98 Å². The summed E-state index contributed by atoms with van der Waals surface area (Å²) in [5, 5.41) is 7.46. The topological polar surface area (TPSA) is 79.0 Å². The molecule has 2 aliphatic rings. The first kappa shape index (κ1) is 21.8. The highest BCUT2D eigenvalue weighted by Crippen LogP contribution is 2.29. The van der Waals surface area contributed by atoms with Crippen LogP contribution < -0.4 is 10.1 Å². The third-order valence-corrected chi connectivity index (χ3v) is 5.17. The number of halogens is 1. The van der Waals surface area contributed by atoms with E-state index in [0.29, 0.717) is 12.4 Å². The summed E-state index contributed by atoms with van der Waals surface area (Å²) in [6, 6.07) is 5.95. The van der Waals surface area contributed by atoms with E-state index in [4.69, 9.17) is 9.26 Å². The highest BCUT2D eigenvalue weighted by atomic mass is 127. The molecule has 2 aromatic rings. The molecule has 8 nitrogen and oxygen atoms in total. The summed E-state index contributed by atoms with van der Waals surface area (Å²) in [5.41, 5.74) is 2.12. The molecule has 0 atom stereocenters. The Balaban J connectivity index is 0.00000240. The van der Waals surface area contributed by atoms with Crippen LogP contribution in [-0.2, 0) is 13.1 Å². The molecule has 0 amide bonds.